The van der Waals surface area contributed by atoms with Crippen molar-refractivity contribution < 1.29 is 9.22 Å². The molecule has 0 aliphatic heterocycles. The maximum absolute atomic E-state index is 11.9. The monoisotopic (exact) mass is 284 g/mol. The van der Waals surface area contributed by atoms with E-state index < -0.39 is 8.32 Å². The van der Waals surface area contributed by atoms with E-state index in [4.69, 9.17) is 4.43 Å². The fourth-order valence-electron chi connectivity index (χ4n) is 1.54. The Morgan fingerprint density at radius 3 is 2.42 bits per heavy atom. The molecule has 0 bridgehead atoms. The molecule has 0 heterocycles. The number of carbonyl (C=O) groups is 1. The second-order valence-electron chi connectivity index (χ2n) is 6.95. The molecule has 1 atom stereocenters. The van der Waals surface area contributed by atoms with Crippen LogP contribution in [-0.2, 0) is 9.22 Å². The number of hydrogen-bond acceptors (Lipinski definition) is 2. The van der Waals surface area contributed by atoms with Crippen molar-refractivity contribution in [1.82, 2.24) is 0 Å². The van der Waals surface area contributed by atoms with Crippen molar-refractivity contribution in [3.8, 4) is 0 Å². The van der Waals surface area contributed by atoms with Crippen molar-refractivity contribution >= 4 is 14.1 Å². The van der Waals surface area contributed by atoms with Gasteiger partial charge in [-0.1, -0.05) is 33.8 Å². The van der Waals surface area contributed by atoms with Gasteiger partial charge in [0.2, 0.25) is 0 Å². The number of ketones is 1. The van der Waals surface area contributed by atoms with E-state index in [-0.39, 0.29) is 11.0 Å². The Morgan fingerprint density at radius 1 is 1.37 bits per heavy atom. The molecule has 0 rings (SSSR count). The van der Waals surface area contributed by atoms with Crippen LogP contribution in [0.2, 0.25) is 18.1 Å². The molecule has 0 aromatic carbocycles. The van der Waals surface area contributed by atoms with Crippen LogP contribution in [0.15, 0.2) is 12.7 Å². The molecule has 0 fully saturated rings. The van der Waals surface area contributed by atoms with Crippen LogP contribution < -0.4 is 0 Å². The first kappa shape index (κ1) is 18.6. The molecule has 0 aromatic rings. The average Bonchev–Trinajstić information content (AvgIpc) is 2.27. The van der Waals surface area contributed by atoms with Crippen molar-refractivity contribution in [1.29, 1.82) is 0 Å². The topological polar surface area (TPSA) is 26.3 Å². The highest BCUT2D eigenvalue weighted by Crippen LogP contribution is 2.36. The first-order valence-electron chi connectivity index (χ1n) is 7.39. The van der Waals surface area contributed by atoms with Gasteiger partial charge in [-0.25, -0.2) is 0 Å². The first-order chi connectivity index (χ1) is 8.62. The molecule has 2 nitrogen and oxygen atoms in total. The third-order valence-corrected chi connectivity index (χ3v) is 8.74. The van der Waals surface area contributed by atoms with Gasteiger partial charge in [0.1, 0.15) is 5.78 Å². The number of rotatable bonds is 9. The summed E-state index contributed by atoms with van der Waals surface area (Å²) in [5.41, 5.74) is 0. The maximum Gasteiger partial charge on any atom is 0.191 e. The predicted octanol–water partition coefficient (Wildman–Crippen LogP) is 4.96. The minimum atomic E-state index is -1.66. The molecule has 3 heteroatoms. The number of unbranched alkanes of at least 4 members (excludes halogenated alkanes) is 1. The van der Waals surface area contributed by atoms with E-state index in [0.717, 1.165) is 19.3 Å². The Balaban J connectivity index is 4.00. The molecular weight excluding hydrogens is 252 g/mol. The summed E-state index contributed by atoms with van der Waals surface area (Å²) in [5, 5.41) is 0.240. The Morgan fingerprint density at radius 2 is 1.95 bits per heavy atom. The minimum Gasteiger partial charge on any atom is -0.417 e. The molecule has 0 amide bonds. The molecule has 0 saturated carbocycles. The van der Waals surface area contributed by atoms with Crippen LogP contribution in [0.1, 0.15) is 53.4 Å². The lowest BCUT2D eigenvalue weighted by atomic mass is 9.99. The molecular formula is C16H32O2Si. The van der Waals surface area contributed by atoms with Crippen molar-refractivity contribution in [2.45, 2.75) is 71.5 Å². The van der Waals surface area contributed by atoms with Gasteiger partial charge < -0.3 is 4.43 Å². The van der Waals surface area contributed by atoms with Gasteiger partial charge >= 0.3 is 0 Å². The van der Waals surface area contributed by atoms with Crippen LogP contribution in [0.5, 0.6) is 0 Å². The minimum absolute atomic E-state index is 0.120. The fourth-order valence-corrected chi connectivity index (χ4v) is 2.60. The average molecular weight is 285 g/mol. The molecule has 19 heavy (non-hydrogen) atoms. The molecule has 0 spiro atoms. The second kappa shape index (κ2) is 8.00. The molecule has 1 unspecified atom stereocenters. The lowest BCUT2D eigenvalue weighted by Gasteiger charge is -2.36. The third kappa shape index (κ3) is 7.07. The van der Waals surface area contributed by atoms with Crippen LogP contribution >= 0.6 is 0 Å². The maximum atomic E-state index is 11.9. The Bertz CT molecular complexity index is 290. The largest absolute Gasteiger partial charge is 0.417 e. The molecule has 0 aliphatic carbocycles. The van der Waals surface area contributed by atoms with Crippen LogP contribution in [0, 0.1) is 5.92 Å². The van der Waals surface area contributed by atoms with Crippen molar-refractivity contribution in [3.63, 3.8) is 0 Å². The standard InChI is InChI=1S/C16H32O2Si/c1-8-9-10-11-15(17)14(2)12-13-18-19(6,7)16(3,4)5/h8,14H,1,9-13H2,2-7H3. The zero-order valence-electron chi connectivity index (χ0n) is 13.7. The van der Waals surface area contributed by atoms with Crippen molar-refractivity contribution in [2.24, 2.45) is 5.92 Å². The van der Waals surface area contributed by atoms with E-state index in [9.17, 15) is 4.79 Å². The molecule has 0 N–H and O–H groups in total. The zero-order valence-corrected chi connectivity index (χ0v) is 14.7. The van der Waals surface area contributed by atoms with E-state index in [1.165, 1.54) is 0 Å². The molecule has 0 radical (unpaired) electrons. The molecule has 112 valence electrons. The highest BCUT2D eigenvalue weighted by atomic mass is 28.4. The Labute approximate surface area is 120 Å². The smallest absolute Gasteiger partial charge is 0.191 e. The van der Waals surface area contributed by atoms with Crippen LogP contribution in [-0.4, -0.2) is 20.7 Å². The van der Waals surface area contributed by atoms with Gasteiger partial charge in [-0.2, -0.15) is 0 Å². The Kier molecular flexibility index (Phi) is 7.83. The fraction of sp³-hybridized carbons (Fsp3) is 0.812. The quantitative estimate of drug-likeness (QED) is 0.340. The van der Waals surface area contributed by atoms with E-state index in [2.05, 4.69) is 40.4 Å². The van der Waals surface area contributed by atoms with Gasteiger partial charge in [-0.15, -0.1) is 6.58 Å². The van der Waals surface area contributed by atoms with E-state index >= 15 is 0 Å². The Hall–Kier alpha value is -0.413. The number of carbonyl (C=O) groups excluding carboxylic acids is 1. The van der Waals surface area contributed by atoms with Gasteiger partial charge in [0.25, 0.3) is 0 Å². The molecule has 0 saturated heterocycles. The lowest BCUT2D eigenvalue weighted by molar-refractivity contribution is -0.122. The van der Waals surface area contributed by atoms with Crippen molar-refractivity contribution in [2.75, 3.05) is 6.61 Å². The summed E-state index contributed by atoms with van der Waals surface area (Å²) in [7, 11) is -1.66. The van der Waals surface area contributed by atoms with Gasteiger partial charge in [0, 0.05) is 18.9 Å². The summed E-state index contributed by atoms with van der Waals surface area (Å²) in [4.78, 5) is 11.9. The van der Waals surface area contributed by atoms with Gasteiger partial charge in [-0.05, 0) is 37.4 Å². The van der Waals surface area contributed by atoms with Crippen LogP contribution in [0.4, 0.5) is 0 Å². The zero-order chi connectivity index (χ0) is 15.1. The second-order valence-corrected chi connectivity index (χ2v) is 11.8. The number of allylic oxidation sites excluding steroid dienone is 1. The highest BCUT2D eigenvalue weighted by Gasteiger charge is 2.37. The summed E-state index contributed by atoms with van der Waals surface area (Å²) in [6.45, 7) is 17.6. The molecule has 0 aliphatic rings. The predicted molar refractivity (Wildman–Crippen MR) is 86.0 cm³/mol. The summed E-state index contributed by atoms with van der Waals surface area (Å²) in [5.74, 6) is 0.482. The third-order valence-electron chi connectivity index (χ3n) is 4.20. The van der Waals surface area contributed by atoms with Gasteiger partial charge in [0.15, 0.2) is 8.32 Å². The van der Waals surface area contributed by atoms with E-state index in [1.807, 2.05) is 13.0 Å². The normalized spacial score (nSPS) is 14.2. The van der Waals surface area contributed by atoms with E-state index in [1.54, 1.807) is 0 Å². The van der Waals surface area contributed by atoms with E-state index in [0.29, 0.717) is 18.8 Å². The molecule has 0 aromatic heterocycles. The summed E-state index contributed by atoms with van der Waals surface area (Å²) in [6, 6.07) is 0. The SMILES string of the molecule is C=CCCCC(=O)C(C)CCO[Si](C)(C)C(C)(C)C. The van der Waals surface area contributed by atoms with Crippen LogP contribution in [0.3, 0.4) is 0 Å². The summed E-state index contributed by atoms with van der Waals surface area (Å²) < 4.78 is 6.11. The summed E-state index contributed by atoms with van der Waals surface area (Å²) >= 11 is 0. The van der Waals surface area contributed by atoms with Gasteiger partial charge in [-0.3, -0.25) is 4.79 Å². The highest BCUT2D eigenvalue weighted by molar-refractivity contribution is 6.74. The van der Waals surface area contributed by atoms with Crippen molar-refractivity contribution in [3.05, 3.63) is 12.7 Å². The summed E-state index contributed by atoms with van der Waals surface area (Å²) in [6.07, 6.45) is 5.25. The van der Waals surface area contributed by atoms with Gasteiger partial charge in [0.05, 0.1) is 0 Å². The number of Topliss-reactive ketones (excluding diaryl/α,β-unsaturated/α-hetero) is 1. The van der Waals surface area contributed by atoms with Crippen LogP contribution in [0.25, 0.3) is 0 Å². The number of hydrogen-bond donors (Lipinski definition) is 0. The first-order valence-corrected chi connectivity index (χ1v) is 10.3. The lowest BCUT2D eigenvalue weighted by Crippen LogP contribution is -2.41.